The average molecular weight is 651 g/mol. The standard InChI is InChI=1S/C41H78O5/c1-4-7-10-13-16-18-20-22-24-27-30-33-36-44-37-39(46-41(43)35-32-29-25-15-12-9-6-3)38-45-40(42)34-31-28-26-23-21-19-17-14-11-8-5-2/h13,16,39H,4-12,14-15,17-38H2,1-3H3/b16-13-. The lowest BCUT2D eigenvalue weighted by Gasteiger charge is -2.18. The van der Waals surface area contributed by atoms with Gasteiger partial charge in [-0.1, -0.05) is 174 Å². The van der Waals surface area contributed by atoms with Crippen LogP contribution < -0.4 is 0 Å². The quantitative estimate of drug-likeness (QED) is 0.0380. The maximum atomic E-state index is 12.5. The Kier molecular flexibility index (Phi) is 37.0. The molecule has 0 spiro atoms. The van der Waals surface area contributed by atoms with E-state index in [4.69, 9.17) is 14.2 Å². The van der Waals surface area contributed by atoms with Gasteiger partial charge in [-0.05, 0) is 38.5 Å². The predicted octanol–water partition coefficient (Wildman–Crippen LogP) is 12.8. The molecular formula is C41H78O5. The number of unbranched alkanes of at least 4 members (excludes halogenated alkanes) is 24. The molecule has 0 radical (unpaired) electrons. The summed E-state index contributed by atoms with van der Waals surface area (Å²) in [6.45, 7) is 7.76. The molecule has 1 atom stereocenters. The number of carbonyl (C=O) groups is 2. The molecule has 0 aliphatic carbocycles. The molecule has 0 fully saturated rings. The first-order valence-corrected chi connectivity index (χ1v) is 20.2. The molecule has 0 rings (SSSR count). The van der Waals surface area contributed by atoms with Crippen molar-refractivity contribution in [3.05, 3.63) is 12.2 Å². The molecule has 0 saturated heterocycles. The molecule has 0 aliphatic rings. The maximum Gasteiger partial charge on any atom is 0.306 e. The second kappa shape index (κ2) is 38.1. The number of esters is 2. The third kappa shape index (κ3) is 35.5. The van der Waals surface area contributed by atoms with Crippen molar-refractivity contribution in [3.63, 3.8) is 0 Å². The van der Waals surface area contributed by atoms with Gasteiger partial charge in [-0.15, -0.1) is 0 Å². The van der Waals surface area contributed by atoms with Crippen LogP contribution in [0.4, 0.5) is 0 Å². The Hall–Kier alpha value is -1.36. The van der Waals surface area contributed by atoms with Crippen molar-refractivity contribution in [2.45, 2.75) is 219 Å². The SMILES string of the molecule is CCCC/C=C\CCCCCCCCOCC(COC(=O)CCCCCCCCCCCCC)OC(=O)CCCCCCCCC. The fraction of sp³-hybridized carbons (Fsp3) is 0.902. The maximum absolute atomic E-state index is 12.5. The molecule has 0 aliphatic heterocycles. The Bertz CT molecular complexity index is 661. The summed E-state index contributed by atoms with van der Waals surface area (Å²) in [5, 5.41) is 0. The van der Waals surface area contributed by atoms with Gasteiger partial charge in [0.1, 0.15) is 6.61 Å². The minimum absolute atomic E-state index is 0.0898. The van der Waals surface area contributed by atoms with Crippen molar-refractivity contribution in [1.82, 2.24) is 0 Å². The van der Waals surface area contributed by atoms with E-state index in [2.05, 4.69) is 32.9 Å². The molecule has 0 heterocycles. The van der Waals surface area contributed by atoms with Crippen molar-refractivity contribution in [2.24, 2.45) is 0 Å². The van der Waals surface area contributed by atoms with E-state index in [1.807, 2.05) is 0 Å². The van der Waals surface area contributed by atoms with Gasteiger partial charge in [0, 0.05) is 19.4 Å². The summed E-state index contributed by atoms with van der Waals surface area (Å²) in [6.07, 6.45) is 39.2. The number of hydrogen-bond acceptors (Lipinski definition) is 5. The lowest BCUT2D eigenvalue weighted by molar-refractivity contribution is -0.163. The predicted molar refractivity (Wildman–Crippen MR) is 196 cm³/mol. The Morgan fingerprint density at radius 3 is 1.39 bits per heavy atom. The van der Waals surface area contributed by atoms with Crippen LogP contribution >= 0.6 is 0 Å². The largest absolute Gasteiger partial charge is 0.462 e. The van der Waals surface area contributed by atoms with Gasteiger partial charge < -0.3 is 14.2 Å². The van der Waals surface area contributed by atoms with Crippen LogP contribution in [-0.2, 0) is 23.8 Å². The molecule has 0 bridgehead atoms. The topological polar surface area (TPSA) is 61.8 Å². The van der Waals surface area contributed by atoms with Crippen LogP contribution in [0.15, 0.2) is 12.2 Å². The molecule has 0 aromatic rings. The second-order valence-electron chi connectivity index (χ2n) is 13.6. The molecule has 0 N–H and O–H groups in total. The summed E-state index contributed by atoms with van der Waals surface area (Å²) in [7, 11) is 0. The minimum Gasteiger partial charge on any atom is -0.462 e. The Labute approximate surface area is 286 Å². The van der Waals surface area contributed by atoms with E-state index < -0.39 is 6.10 Å². The first-order valence-electron chi connectivity index (χ1n) is 20.2. The highest BCUT2D eigenvalue weighted by molar-refractivity contribution is 5.70. The normalized spacial score (nSPS) is 12.2. The van der Waals surface area contributed by atoms with E-state index in [1.54, 1.807) is 0 Å². The number of rotatable bonds is 37. The molecule has 0 saturated carbocycles. The molecule has 0 aromatic heterocycles. The van der Waals surface area contributed by atoms with E-state index in [9.17, 15) is 9.59 Å². The number of allylic oxidation sites excluding steroid dienone is 2. The van der Waals surface area contributed by atoms with Gasteiger partial charge in [-0.2, -0.15) is 0 Å². The van der Waals surface area contributed by atoms with Crippen LogP contribution in [0.25, 0.3) is 0 Å². The molecule has 1 unspecified atom stereocenters. The summed E-state index contributed by atoms with van der Waals surface area (Å²) in [5.74, 6) is -0.399. The van der Waals surface area contributed by atoms with Gasteiger partial charge in [-0.25, -0.2) is 0 Å². The average Bonchev–Trinajstić information content (AvgIpc) is 3.05. The minimum atomic E-state index is -0.524. The van der Waals surface area contributed by atoms with Crippen molar-refractivity contribution < 1.29 is 23.8 Å². The van der Waals surface area contributed by atoms with Crippen LogP contribution in [0.1, 0.15) is 213 Å². The van der Waals surface area contributed by atoms with Crippen LogP contribution in [0.5, 0.6) is 0 Å². The zero-order valence-corrected chi connectivity index (χ0v) is 31.1. The third-order valence-electron chi connectivity index (χ3n) is 8.80. The van der Waals surface area contributed by atoms with E-state index in [0.717, 1.165) is 38.5 Å². The van der Waals surface area contributed by atoms with Crippen LogP contribution in [0, 0.1) is 0 Å². The summed E-state index contributed by atoms with van der Waals surface area (Å²) in [5.41, 5.74) is 0. The first kappa shape index (κ1) is 44.6. The van der Waals surface area contributed by atoms with Crippen LogP contribution in [0.2, 0.25) is 0 Å². The first-order chi connectivity index (χ1) is 22.6. The van der Waals surface area contributed by atoms with Gasteiger partial charge in [-0.3, -0.25) is 9.59 Å². The van der Waals surface area contributed by atoms with Gasteiger partial charge in [0.15, 0.2) is 6.10 Å². The molecule has 46 heavy (non-hydrogen) atoms. The monoisotopic (exact) mass is 651 g/mol. The summed E-state index contributed by atoms with van der Waals surface area (Å²) in [4.78, 5) is 25.0. The molecule has 272 valence electrons. The van der Waals surface area contributed by atoms with Gasteiger partial charge in [0.05, 0.1) is 6.61 Å². The lowest BCUT2D eigenvalue weighted by atomic mass is 10.1. The Balaban J connectivity index is 4.17. The highest BCUT2D eigenvalue weighted by Crippen LogP contribution is 2.14. The van der Waals surface area contributed by atoms with Crippen molar-refractivity contribution >= 4 is 11.9 Å². The summed E-state index contributed by atoms with van der Waals surface area (Å²) < 4.78 is 17.2. The number of carbonyl (C=O) groups excluding carboxylic acids is 2. The highest BCUT2D eigenvalue weighted by atomic mass is 16.6. The summed E-state index contributed by atoms with van der Waals surface area (Å²) >= 11 is 0. The molecule has 0 aromatic carbocycles. The van der Waals surface area contributed by atoms with Crippen molar-refractivity contribution in [2.75, 3.05) is 19.8 Å². The van der Waals surface area contributed by atoms with Gasteiger partial charge >= 0.3 is 11.9 Å². The van der Waals surface area contributed by atoms with Crippen LogP contribution in [0.3, 0.4) is 0 Å². The van der Waals surface area contributed by atoms with E-state index >= 15 is 0 Å². The van der Waals surface area contributed by atoms with Crippen molar-refractivity contribution in [3.8, 4) is 0 Å². The van der Waals surface area contributed by atoms with Gasteiger partial charge in [0.2, 0.25) is 0 Å². The van der Waals surface area contributed by atoms with Gasteiger partial charge in [0.25, 0.3) is 0 Å². The highest BCUT2D eigenvalue weighted by Gasteiger charge is 2.17. The molecule has 5 nitrogen and oxygen atoms in total. The zero-order chi connectivity index (χ0) is 33.6. The lowest BCUT2D eigenvalue weighted by Crippen LogP contribution is -2.30. The molecule has 0 amide bonds. The number of hydrogen-bond donors (Lipinski definition) is 0. The Morgan fingerprint density at radius 1 is 0.457 bits per heavy atom. The van der Waals surface area contributed by atoms with Crippen LogP contribution in [-0.4, -0.2) is 37.9 Å². The second-order valence-corrected chi connectivity index (χ2v) is 13.6. The molecule has 5 heteroatoms. The molecular weight excluding hydrogens is 572 g/mol. The Morgan fingerprint density at radius 2 is 0.870 bits per heavy atom. The van der Waals surface area contributed by atoms with E-state index in [-0.39, 0.29) is 18.5 Å². The van der Waals surface area contributed by atoms with E-state index in [1.165, 1.54) is 141 Å². The number of ether oxygens (including phenoxy) is 3. The fourth-order valence-electron chi connectivity index (χ4n) is 5.72. The summed E-state index contributed by atoms with van der Waals surface area (Å²) in [6, 6.07) is 0. The fourth-order valence-corrected chi connectivity index (χ4v) is 5.72. The smallest absolute Gasteiger partial charge is 0.306 e. The van der Waals surface area contributed by atoms with Crippen molar-refractivity contribution in [1.29, 1.82) is 0 Å². The third-order valence-corrected chi connectivity index (χ3v) is 8.80. The van der Waals surface area contributed by atoms with E-state index in [0.29, 0.717) is 26.1 Å². The zero-order valence-electron chi connectivity index (χ0n) is 31.1.